The van der Waals surface area contributed by atoms with Gasteiger partial charge in [-0.25, -0.2) is 15.2 Å². The molecule has 1 aromatic heterocycles. The van der Waals surface area contributed by atoms with Crippen molar-refractivity contribution in [1.82, 2.24) is 9.97 Å². The standard InChI is InChI=1S/C14H17FN4O/c1-8(2)14-17-11(19-16)7-12(18-14)20-10-6-4-5-9(3)13(10)15/h4-8H,16H2,1-3H3,(H,17,18,19). The number of aryl methyl sites for hydroxylation is 1. The van der Waals surface area contributed by atoms with Crippen molar-refractivity contribution in [3.63, 3.8) is 0 Å². The minimum atomic E-state index is -0.403. The maximum absolute atomic E-state index is 13.9. The second-order valence-electron chi connectivity index (χ2n) is 4.74. The molecular formula is C14H17FN4O. The molecule has 0 aliphatic carbocycles. The Bertz CT molecular complexity index is 616. The van der Waals surface area contributed by atoms with E-state index in [0.29, 0.717) is 17.2 Å². The molecule has 3 N–H and O–H groups in total. The third kappa shape index (κ3) is 3.03. The predicted octanol–water partition coefficient (Wildman–Crippen LogP) is 3.13. The number of aromatic nitrogens is 2. The summed E-state index contributed by atoms with van der Waals surface area (Å²) >= 11 is 0. The molecule has 0 saturated carbocycles. The van der Waals surface area contributed by atoms with E-state index in [1.54, 1.807) is 25.1 Å². The molecule has 2 aromatic rings. The lowest BCUT2D eigenvalue weighted by Gasteiger charge is -2.11. The number of ether oxygens (including phenoxy) is 1. The van der Waals surface area contributed by atoms with E-state index in [1.165, 1.54) is 6.07 Å². The van der Waals surface area contributed by atoms with Crippen molar-refractivity contribution < 1.29 is 9.13 Å². The van der Waals surface area contributed by atoms with Crippen LogP contribution in [0.5, 0.6) is 11.6 Å². The smallest absolute Gasteiger partial charge is 0.224 e. The summed E-state index contributed by atoms with van der Waals surface area (Å²) in [7, 11) is 0. The van der Waals surface area contributed by atoms with Gasteiger partial charge >= 0.3 is 0 Å². The van der Waals surface area contributed by atoms with E-state index < -0.39 is 5.82 Å². The number of nitrogens with two attached hydrogens (primary N) is 1. The molecule has 1 aromatic carbocycles. The van der Waals surface area contributed by atoms with Crippen molar-refractivity contribution in [1.29, 1.82) is 0 Å². The van der Waals surface area contributed by atoms with Crippen LogP contribution in [0.3, 0.4) is 0 Å². The Morgan fingerprint density at radius 1 is 1.30 bits per heavy atom. The molecule has 0 aliphatic rings. The van der Waals surface area contributed by atoms with Crippen LogP contribution < -0.4 is 16.0 Å². The first kappa shape index (κ1) is 14.2. The number of rotatable bonds is 4. The van der Waals surface area contributed by atoms with Crippen LogP contribution in [0.1, 0.15) is 31.2 Å². The fraction of sp³-hybridized carbons (Fsp3) is 0.286. The number of nitrogens with zero attached hydrogens (tertiary/aromatic N) is 2. The van der Waals surface area contributed by atoms with Gasteiger partial charge < -0.3 is 10.2 Å². The maximum atomic E-state index is 13.9. The number of benzene rings is 1. The van der Waals surface area contributed by atoms with Crippen LogP contribution in [0.15, 0.2) is 24.3 Å². The second-order valence-corrected chi connectivity index (χ2v) is 4.74. The van der Waals surface area contributed by atoms with Crippen molar-refractivity contribution >= 4 is 5.82 Å². The lowest BCUT2D eigenvalue weighted by atomic mass is 10.2. The number of halogens is 1. The van der Waals surface area contributed by atoms with Gasteiger partial charge in [-0.05, 0) is 18.6 Å². The summed E-state index contributed by atoms with van der Waals surface area (Å²) < 4.78 is 19.4. The van der Waals surface area contributed by atoms with E-state index >= 15 is 0 Å². The molecule has 0 aliphatic heterocycles. The van der Waals surface area contributed by atoms with E-state index in [2.05, 4.69) is 15.4 Å². The van der Waals surface area contributed by atoms with Crippen molar-refractivity contribution in [2.24, 2.45) is 5.84 Å². The summed E-state index contributed by atoms with van der Waals surface area (Å²) in [5, 5.41) is 0. The summed E-state index contributed by atoms with van der Waals surface area (Å²) in [6, 6.07) is 6.47. The molecule has 0 saturated heterocycles. The Hall–Kier alpha value is -2.21. The summed E-state index contributed by atoms with van der Waals surface area (Å²) in [5.74, 6) is 6.44. The molecule has 106 valence electrons. The van der Waals surface area contributed by atoms with Gasteiger partial charge in [-0.3, -0.25) is 0 Å². The Kier molecular flexibility index (Phi) is 4.14. The van der Waals surface area contributed by atoms with Gasteiger partial charge in [0.25, 0.3) is 0 Å². The zero-order chi connectivity index (χ0) is 14.7. The molecule has 0 bridgehead atoms. The topological polar surface area (TPSA) is 73.1 Å². The Labute approximate surface area is 117 Å². The van der Waals surface area contributed by atoms with E-state index in [0.717, 1.165) is 0 Å². The largest absolute Gasteiger partial charge is 0.436 e. The number of hydrogen-bond acceptors (Lipinski definition) is 5. The zero-order valence-electron chi connectivity index (χ0n) is 11.6. The number of nitrogen functional groups attached to an aromatic ring is 1. The molecule has 0 atom stereocenters. The van der Waals surface area contributed by atoms with E-state index in [-0.39, 0.29) is 17.5 Å². The van der Waals surface area contributed by atoms with Gasteiger partial charge in [0.2, 0.25) is 5.88 Å². The van der Waals surface area contributed by atoms with Crippen LogP contribution in [0.25, 0.3) is 0 Å². The number of nitrogens with one attached hydrogen (secondary N) is 1. The van der Waals surface area contributed by atoms with Gasteiger partial charge in [0.15, 0.2) is 11.6 Å². The van der Waals surface area contributed by atoms with Crippen molar-refractivity contribution in [2.45, 2.75) is 26.7 Å². The number of anilines is 1. The zero-order valence-corrected chi connectivity index (χ0v) is 11.6. The first-order chi connectivity index (χ1) is 9.51. The molecule has 6 heteroatoms. The lowest BCUT2D eigenvalue weighted by molar-refractivity contribution is 0.422. The molecule has 2 rings (SSSR count). The minimum absolute atomic E-state index is 0.105. The first-order valence-corrected chi connectivity index (χ1v) is 6.30. The highest BCUT2D eigenvalue weighted by Crippen LogP contribution is 2.27. The molecular weight excluding hydrogens is 259 g/mol. The van der Waals surface area contributed by atoms with Crippen molar-refractivity contribution in [3.05, 3.63) is 41.5 Å². The second kappa shape index (κ2) is 5.83. The summed E-state index contributed by atoms with van der Waals surface area (Å²) in [6.07, 6.45) is 0. The summed E-state index contributed by atoms with van der Waals surface area (Å²) in [6.45, 7) is 5.58. The van der Waals surface area contributed by atoms with Crippen LogP contribution in [0.2, 0.25) is 0 Å². The summed E-state index contributed by atoms with van der Waals surface area (Å²) in [5.41, 5.74) is 2.96. The highest BCUT2D eigenvalue weighted by molar-refractivity contribution is 5.40. The molecule has 0 spiro atoms. The number of hydrogen-bond donors (Lipinski definition) is 2. The SMILES string of the molecule is Cc1cccc(Oc2cc(NN)nc(C(C)C)n2)c1F. The predicted molar refractivity (Wildman–Crippen MR) is 75.1 cm³/mol. The Morgan fingerprint density at radius 3 is 2.70 bits per heavy atom. The molecule has 1 heterocycles. The third-order valence-corrected chi connectivity index (χ3v) is 2.76. The quantitative estimate of drug-likeness (QED) is 0.663. The van der Waals surface area contributed by atoms with Crippen LogP contribution in [-0.4, -0.2) is 9.97 Å². The van der Waals surface area contributed by atoms with Gasteiger partial charge in [0.05, 0.1) is 0 Å². The van der Waals surface area contributed by atoms with Gasteiger partial charge in [-0.2, -0.15) is 4.98 Å². The molecule has 20 heavy (non-hydrogen) atoms. The average molecular weight is 276 g/mol. The monoisotopic (exact) mass is 276 g/mol. The van der Waals surface area contributed by atoms with Crippen LogP contribution in [-0.2, 0) is 0 Å². The molecule has 0 fully saturated rings. The van der Waals surface area contributed by atoms with E-state index in [1.807, 2.05) is 13.8 Å². The van der Waals surface area contributed by atoms with Crippen LogP contribution >= 0.6 is 0 Å². The Morgan fingerprint density at radius 2 is 2.05 bits per heavy atom. The highest BCUT2D eigenvalue weighted by atomic mass is 19.1. The van der Waals surface area contributed by atoms with Crippen molar-refractivity contribution in [2.75, 3.05) is 5.43 Å². The maximum Gasteiger partial charge on any atom is 0.224 e. The minimum Gasteiger partial charge on any atom is -0.436 e. The molecule has 0 radical (unpaired) electrons. The lowest BCUT2D eigenvalue weighted by Crippen LogP contribution is -2.11. The van der Waals surface area contributed by atoms with Crippen LogP contribution in [0.4, 0.5) is 10.2 Å². The molecule has 0 unspecified atom stereocenters. The van der Waals surface area contributed by atoms with Gasteiger partial charge in [0, 0.05) is 12.0 Å². The van der Waals surface area contributed by atoms with Crippen molar-refractivity contribution in [3.8, 4) is 11.6 Å². The van der Waals surface area contributed by atoms with Gasteiger partial charge in [-0.1, -0.05) is 26.0 Å². The fourth-order valence-electron chi connectivity index (χ4n) is 1.64. The average Bonchev–Trinajstić information content (AvgIpc) is 2.43. The first-order valence-electron chi connectivity index (χ1n) is 6.30. The van der Waals surface area contributed by atoms with Gasteiger partial charge in [0.1, 0.15) is 11.6 Å². The highest BCUT2D eigenvalue weighted by Gasteiger charge is 2.12. The Balaban J connectivity index is 2.37. The normalized spacial score (nSPS) is 10.7. The van der Waals surface area contributed by atoms with E-state index in [4.69, 9.17) is 10.6 Å². The summed E-state index contributed by atoms with van der Waals surface area (Å²) in [4.78, 5) is 8.46. The molecule has 5 nitrogen and oxygen atoms in total. The molecule has 0 amide bonds. The van der Waals surface area contributed by atoms with Gasteiger partial charge in [-0.15, -0.1) is 0 Å². The number of hydrazine groups is 1. The van der Waals surface area contributed by atoms with Crippen LogP contribution in [0, 0.1) is 12.7 Å². The third-order valence-electron chi connectivity index (χ3n) is 2.76. The van der Waals surface area contributed by atoms with E-state index in [9.17, 15) is 4.39 Å². The fourth-order valence-corrected chi connectivity index (χ4v) is 1.64.